The minimum Gasteiger partial charge on any atom is -0.494 e. The SMILES string of the molecule is CCCCCOc1cccc(C(F)(F)CCCC(=O)N(CCC)CCC)c1. The Morgan fingerprint density at radius 2 is 1.74 bits per heavy atom. The van der Waals surface area contributed by atoms with Crippen molar-refractivity contribution in [1.82, 2.24) is 4.90 Å². The smallest absolute Gasteiger partial charge is 0.273 e. The standard InChI is InChI=1S/C22H35F2NO2/c1-4-7-8-17-27-20-12-9-11-19(18-20)22(23,24)14-10-13-21(26)25(15-5-2)16-6-3/h9,11-12,18H,4-8,10,13-17H2,1-3H3. The van der Waals surface area contributed by atoms with Crippen molar-refractivity contribution in [3.05, 3.63) is 29.8 Å². The van der Waals surface area contributed by atoms with Gasteiger partial charge in [0.05, 0.1) is 6.61 Å². The van der Waals surface area contributed by atoms with Gasteiger partial charge in [0.15, 0.2) is 0 Å². The van der Waals surface area contributed by atoms with Crippen molar-refractivity contribution < 1.29 is 18.3 Å². The molecule has 0 aromatic heterocycles. The first-order valence-electron chi connectivity index (χ1n) is 10.3. The summed E-state index contributed by atoms with van der Waals surface area (Å²) in [6.45, 7) is 8.07. The second-order valence-electron chi connectivity index (χ2n) is 7.02. The minimum atomic E-state index is -2.95. The molecule has 0 heterocycles. The molecule has 0 spiro atoms. The number of benzene rings is 1. The molecular formula is C22H35F2NO2. The molecule has 0 bridgehead atoms. The first kappa shape index (κ1) is 23.4. The van der Waals surface area contributed by atoms with Gasteiger partial charge in [-0.1, -0.05) is 45.7 Å². The highest BCUT2D eigenvalue weighted by Gasteiger charge is 2.31. The fourth-order valence-corrected chi connectivity index (χ4v) is 3.02. The van der Waals surface area contributed by atoms with Gasteiger partial charge in [0, 0.05) is 31.5 Å². The average Bonchev–Trinajstić information content (AvgIpc) is 2.65. The maximum absolute atomic E-state index is 14.5. The summed E-state index contributed by atoms with van der Waals surface area (Å²) < 4.78 is 34.7. The molecule has 1 rings (SSSR count). The van der Waals surface area contributed by atoms with Crippen LogP contribution in [0.15, 0.2) is 24.3 Å². The zero-order valence-corrected chi connectivity index (χ0v) is 17.1. The number of alkyl halides is 2. The van der Waals surface area contributed by atoms with E-state index in [1.165, 1.54) is 12.1 Å². The van der Waals surface area contributed by atoms with Gasteiger partial charge in [0.1, 0.15) is 5.75 Å². The van der Waals surface area contributed by atoms with E-state index in [0.717, 1.165) is 32.1 Å². The van der Waals surface area contributed by atoms with E-state index in [9.17, 15) is 13.6 Å². The van der Waals surface area contributed by atoms with Gasteiger partial charge < -0.3 is 9.64 Å². The first-order chi connectivity index (χ1) is 12.9. The van der Waals surface area contributed by atoms with E-state index in [2.05, 4.69) is 6.92 Å². The fourth-order valence-electron chi connectivity index (χ4n) is 3.02. The van der Waals surface area contributed by atoms with Crippen LogP contribution < -0.4 is 4.74 Å². The molecule has 0 aliphatic heterocycles. The van der Waals surface area contributed by atoms with Crippen LogP contribution in [-0.2, 0) is 10.7 Å². The van der Waals surface area contributed by atoms with Crippen LogP contribution in [0.5, 0.6) is 5.75 Å². The number of unbranched alkanes of at least 4 members (excludes halogenated alkanes) is 2. The topological polar surface area (TPSA) is 29.5 Å². The predicted molar refractivity (Wildman–Crippen MR) is 106 cm³/mol. The van der Waals surface area contributed by atoms with Crippen molar-refractivity contribution in [2.24, 2.45) is 0 Å². The summed E-state index contributed by atoms with van der Waals surface area (Å²) in [6, 6.07) is 6.17. The lowest BCUT2D eigenvalue weighted by atomic mass is 10.0. The van der Waals surface area contributed by atoms with Crippen molar-refractivity contribution in [3.63, 3.8) is 0 Å². The summed E-state index contributed by atoms with van der Waals surface area (Å²) >= 11 is 0. The normalized spacial score (nSPS) is 11.4. The summed E-state index contributed by atoms with van der Waals surface area (Å²) in [6.07, 6.45) is 4.86. The molecule has 0 radical (unpaired) electrons. The third-order valence-corrected chi connectivity index (χ3v) is 4.49. The molecule has 154 valence electrons. The highest BCUT2D eigenvalue weighted by Crippen LogP contribution is 2.35. The van der Waals surface area contributed by atoms with Crippen LogP contribution in [0.3, 0.4) is 0 Å². The van der Waals surface area contributed by atoms with Crippen molar-refractivity contribution in [3.8, 4) is 5.75 Å². The molecule has 0 unspecified atom stereocenters. The van der Waals surface area contributed by atoms with Crippen LogP contribution in [-0.4, -0.2) is 30.5 Å². The summed E-state index contributed by atoms with van der Waals surface area (Å²) in [7, 11) is 0. The summed E-state index contributed by atoms with van der Waals surface area (Å²) in [5.41, 5.74) is -0.0399. The third kappa shape index (κ3) is 8.72. The van der Waals surface area contributed by atoms with Gasteiger partial charge in [-0.25, -0.2) is 8.78 Å². The zero-order valence-electron chi connectivity index (χ0n) is 17.1. The Bertz CT molecular complexity index is 543. The maximum Gasteiger partial charge on any atom is 0.273 e. The van der Waals surface area contributed by atoms with Crippen LogP contribution in [0.4, 0.5) is 8.78 Å². The molecule has 1 amide bonds. The molecular weight excluding hydrogens is 348 g/mol. The third-order valence-electron chi connectivity index (χ3n) is 4.49. The lowest BCUT2D eigenvalue weighted by Crippen LogP contribution is -2.32. The molecule has 1 aromatic carbocycles. The summed E-state index contributed by atoms with van der Waals surface area (Å²) in [5, 5.41) is 0. The Kier molecular flexibility index (Phi) is 11.0. The molecule has 3 nitrogen and oxygen atoms in total. The number of ether oxygens (including phenoxy) is 1. The van der Waals surface area contributed by atoms with E-state index in [4.69, 9.17) is 4.74 Å². The molecule has 0 aliphatic rings. The van der Waals surface area contributed by atoms with Crippen molar-refractivity contribution >= 4 is 5.91 Å². The quantitative estimate of drug-likeness (QED) is 0.360. The van der Waals surface area contributed by atoms with Crippen molar-refractivity contribution in [2.45, 2.75) is 78.1 Å². The number of hydrogen-bond acceptors (Lipinski definition) is 2. The number of halogens is 2. The van der Waals surface area contributed by atoms with E-state index in [0.29, 0.717) is 25.4 Å². The molecule has 1 aromatic rings. The second-order valence-corrected chi connectivity index (χ2v) is 7.02. The number of carbonyl (C=O) groups excluding carboxylic acids is 1. The Morgan fingerprint density at radius 3 is 2.37 bits per heavy atom. The molecule has 0 atom stereocenters. The van der Waals surface area contributed by atoms with Gasteiger partial charge in [-0.2, -0.15) is 0 Å². The van der Waals surface area contributed by atoms with Crippen LogP contribution >= 0.6 is 0 Å². The van der Waals surface area contributed by atoms with Crippen LogP contribution in [0.2, 0.25) is 0 Å². The molecule has 0 N–H and O–H groups in total. The van der Waals surface area contributed by atoms with E-state index in [-0.39, 0.29) is 30.7 Å². The largest absolute Gasteiger partial charge is 0.494 e. The Balaban J connectivity index is 2.55. The van der Waals surface area contributed by atoms with E-state index >= 15 is 0 Å². The Labute approximate surface area is 163 Å². The summed E-state index contributed by atoms with van der Waals surface area (Å²) in [4.78, 5) is 14.0. The van der Waals surface area contributed by atoms with Gasteiger partial charge in [-0.3, -0.25) is 4.79 Å². The highest BCUT2D eigenvalue weighted by atomic mass is 19.3. The van der Waals surface area contributed by atoms with Crippen LogP contribution in [0.25, 0.3) is 0 Å². The zero-order chi connectivity index (χ0) is 20.1. The molecule has 0 saturated carbocycles. The lowest BCUT2D eigenvalue weighted by molar-refractivity contribution is -0.131. The maximum atomic E-state index is 14.5. The number of nitrogens with zero attached hydrogens (tertiary/aromatic N) is 1. The number of carbonyl (C=O) groups is 1. The minimum absolute atomic E-state index is 0.0255. The predicted octanol–water partition coefficient (Wildman–Crippen LogP) is 6.17. The van der Waals surface area contributed by atoms with Crippen LogP contribution in [0, 0.1) is 0 Å². The molecule has 27 heavy (non-hydrogen) atoms. The monoisotopic (exact) mass is 383 g/mol. The van der Waals surface area contributed by atoms with Gasteiger partial charge >= 0.3 is 0 Å². The molecule has 5 heteroatoms. The number of amides is 1. The van der Waals surface area contributed by atoms with Gasteiger partial charge in [-0.15, -0.1) is 0 Å². The average molecular weight is 384 g/mol. The summed E-state index contributed by atoms with van der Waals surface area (Å²) in [5.74, 6) is -2.50. The van der Waals surface area contributed by atoms with E-state index in [1.54, 1.807) is 17.0 Å². The fraction of sp³-hybridized carbons (Fsp3) is 0.682. The Morgan fingerprint density at radius 1 is 1.04 bits per heavy atom. The van der Waals surface area contributed by atoms with E-state index in [1.807, 2.05) is 13.8 Å². The van der Waals surface area contributed by atoms with E-state index < -0.39 is 5.92 Å². The van der Waals surface area contributed by atoms with Gasteiger partial charge in [0.2, 0.25) is 5.91 Å². The second kappa shape index (κ2) is 12.7. The number of hydrogen-bond donors (Lipinski definition) is 0. The molecule has 0 fully saturated rings. The molecule has 0 aliphatic carbocycles. The molecule has 0 saturated heterocycles. The highest BCUT2D eigenvalue weighted by molar-refractivity contribution is 5.76. The first-order valence-corrected chi connectivity index (χ1v) is 10.3. The van der Waals surface area contributed by atoms with Crippen molar-refractivity contribution in [1.29, 1.82) is 0 Å². The lowest BCUT2D eigenvalue weighted by Gasteiger charge is -2.22. The Hall–Kier alpha value is -1.65. The number of rotatable bonds is 14. The van der Waals surface area contributed by atoms with Crippen molar-refractivity contribution in [2.75, 3.05) is 19.7 Å². The van der Waals surface area contributed by atoms with Crippen LogP contribution in [0.1, 0.15) is 77.7 Å². The van der Waals surface area contributed by atoms with Gasteiger partial charge in [0.25, 0.3) is 5.92 Å². The van der Waals surface area contributed by atoms with Gasteiger partial charge in [-0.05, 0) is 37.8 Å².